The van der Waals surface area contributed by atoms with E-state index < -0.39 is 10.0 Å². The first kappa shape index (κ1) is 12.2. The Morgan fingerprint density at radius 2 is 2.07 bits per heavy atom. The lowest BCUT2D eigenvalue weighted by molar-refractivity contribution is 0.355. The van der Waals surface area contributed by atoms with Crippen molar-refractivity contribution in [2.75, 3.05) is 7.05 Å². The second-order valence-corrected chi connectivity index (χ2v) is 6.35. The highest BCUT2D eigenvalue weighted by Crippen LogP contribution is 2.14. The molecule has 5 nitrogen and oxygen atoms in total. The summed E-state index contributed by atoms with van der Waals surface area (Å²) in [6.45, 7) is 6.03. The van der Waals surface area contributed by atoms with Crippen LogP contribution in [0.15, 0.2) is 12.4 Å². The number of nitrogens with one attached hydrogen (secondary N) is 1. The SMILES string of the molecule is CNS(=O)(=O)Cc1cnn(C(C)(C)C)c1. The zero-order chi connectivity index (χ0) is 11.7. The van der Waals surface area contributed by atoms with Crippen molar-refractivity contribution in [2.24, 2.45) is 0 Å². The lowest BCUT2D eigenvalue weighted by atomic mass is 10.1. The van der Waals surface area contributed by atoms with Crippen LogP contribution in [0.2, 0.25) is 0 Å². The summed E-state index contributed by atoms with van der Waals surface area (Å²) in [5.74, 6) is -0.0282. The summed E-state index contributed by atoms with van der Waals surface area (Å²) in [5, 5.41) is 4.13. The second-order valence-electron chi connectivity index (χ2n) is 4.43. The summed E-state index contributed by atoms with van der Waals surface area (Å²) in [6, 6.07) is 0. The molecule has 0 amide bonds. The third-order valence-electron chi connectivity index (χ3n) is 1.99. The minimum Gasteiger partial charge on any atom is -0.267 e. The molecule has 1 heterocycles. The molecule has 0 aromatic carbocycles. The van der Waals surface area contributed by atoms with Crippen LogP contribution in [0.5, 0.6) is 0 Å². The Labute approximate surface area is 90.5 Å². The number of sulfonamides is 1. The molecule has 6 heteroatoms. The van der Waals surface area contributed by atoms with Crippen molar-refractivity contribution in [1.29, 1.82) is 0 Å². The molecule has 1 aromatic heterocycles. The van der Waals surface area contributed by atoms with E-state index in [9.17, 15) is 8.42 Å². The Hall–Kier alpha value is -0.880. The zero-order valence-electron chi connectivity index (χ0n) is 9.48. The van der Waals surface area contributed by atoms with E-state index in [0.29, 0.717) is 5.56 Å². The molecule has 0 spiro atoms. The average Bonchev–Trinajstić information content (AvgIpc) is 2.51. The van der Waals surface area contributed by atoms with Gasteiger partial charge < -0.3 is 0 Å². The Bertz CT molecular complexity index is 428. The van der Waals surface area contributed by atoms with Crippen molar-refractivity contribution in [3.05, 3.63) is 18.0 Å². The molecule has 0 saturated heterocycles. The van der Waals surface area contributed by atoms with Crippen molar-refractivity contribution in [1.82, 2.24) is 14.5 Å². The largest absolute Gasteiger partial charge is 0.267 e. The third-order valence-corrected chi connectivity index (χ3v) is 3.33. The molecule has 0 fully saturated rings. The van der Waals surface area contributed by atoms with E-state index in [-0.39, 0.29) is 11.3 Å². The van der Waals surface area contributed by atoms with Crippen LogP contribution < -0.4 is 4.72 Å². The first-order chi connectivity index (χ1) is 6.74. The van der Waals surface area contributed by atoms with Crippen molar-refractivity contribution in [2.45, 2.75) is 32.1 Å². The van der Waals surface area contributed by atoms with Gasteiger partial charge in [0.15, 0.2) is 0 Å². The normalized spacial score (nSPS) is 13.1. The summed E-state index contributed by atoms with van der Waals surface area (Å²) in [4.78, 5) is 0. The molecule has 0 unspecified atom stereocenters. The van der Waals surface area contributed by atoms with Gasteiger partial charge in [-0.25, -0.2) is 13.1 Å². The molecule has 0 aliphatic rings. The van der Waals surface area contributed by atoms with Crippen LogP contribution in [0.3, 0.4) is 0 Å². The average molecular weight is 231 g/mol. The fourth-order valence-corrected chi connectivity index (χ4v) is 1.83. The zero-order valence-corrected chi connectivity index (χ0v) is 10.3. The predicted octanol–water partition coefficient (Wildman–Crippen LogP) is 0.687. The molecule has 15 heavy (non-hydrogen) atoms. The van der Waals surface area contributed by atoms with Crippen LogP contribution in [0.25, 0.3) is 0 Å². The van der Waals surface area contributed by atoms with Gasteiger partial charge in [-0.1, -0.05) is 0 Å². The Morgan fingerprint density at radius 3 is 2.47 bits per heavy atom. The molecular weight excluding hydrogens is 214 g/mol. The smallest absolute Gasteiger partial charge is 0.215 e. The highest BCUT2D eigenvalue weighted by Gasteiger charge is 2.16. The molecule has 86 valence electrons. The van der Waals surface area contributed by atoms with Crippen molar-refractivity contribution in [3.8, 4) is 0 Å². The Kier molecular flexibility index (Phi) is 3.20. The van der Waals surface area contributed by atoms with Gasteiger partial charge in [0.1, 0.15) is 0 Å². The minimum atomic E-state index is -3.21. The maximum absolute atomic E-state index is 11.3. The Morgan fingerprint density at radius 1 is 1.47 bits per heavy atom. The van der Waals surface area contributed by atoms with E-state index in [4.69, 9.17) is 0 Å². The molecule has 1 aromatic rings. The molecule has 1 N–H and O–H groups in total. The van der Waals surface area contributed by atoms with Crippen LogP contribution in [0, 0.1) is 0 Å². The highest BCUT2D eigenvalue weighted by molar-refractivity contribution is 7.88. The van der Waals surface area contributed by atoms with E-state index in [1.165, 1.54) is 7.05 Å². The molecule has 0 bridgehead atoms. The number of hydrogen-bond donors (Lipinski definition) is 1. The van der Waals surface area contributed by atoms with E-state index in [1.54, 1.807) is 17.1 Å². The summed E-state index contributed by atoms with van der Waals surface area (Å²) >= 11 is 0. The highest BCUT2D eigenvalue weighted by atomic mass is 32.2. The number of hydrogen-bond acceptors (Lipinski definition) is 3. The summed E-state index contributed by atoms with van der Waals surface area (Å²) in [5.41, 5.74) is 0.570. The number of rotatable bonds is 3. The van der Waals surface area contributed by atoms with Gasteiger partial charge in [0, 0.05) is 11.8 Å². The summed E-state index contributed by atoms with van der Waals surface area (Å²) in [6.07, 6.45) is 3.34. The quantitative estimate of drug-likeness (QED) is 0.832. The van der Waals surface area contributed by atoms with E-state index in [0.717, 1.165) is 0 Å². The lowest BCUT2D eigenvalue weighted by Gasteiger charge is -2.18. The minimum absolute atomic E-state index is 0.0282. The fraction of sp³-hybridized carbons (Fsp3) is 0.667. The van der Waals surface area contributed by atoms with Crippen molar-refractivity contribution in [3.63, 3.8) is 0 Å². The second kappa shape index (κ2) is 3.94. The standard InChI is InChI=1S/C9H17N3O2S/c1-9(2,3)12-6-8(5-11-12)7-15(13,14)10-4/h5-6,10H,7H2,1-4H3. The Balaban J connectivity index is 2.87. The summed E-state index contributed by atoms with van der Waals surface area (Å²) in [7, 11) is -1.80. The molecule has 0 radical (unpaired) electrons. The van der Waals surface area contributed by atoms with Crippen molar-refractivity contribution < 1.29 is 8.42 Å². The van der Waals surface area contributed by atoms with Gasteiger partial charge in [0.05, 0.1) is 17.5 Å². The molecule has 0 saturated carbocycles. The van der Waals surface area contributed by atoms with E-state index in [1.807, 2.05) is 20.8 Å². The maximum Gasteiger partial charge on any atom is 0.215 e. The molecule has 0 aliphatic heterocycles. The van der Waals surface area contributed by atoms with Gasteiger partial charge in [-0.05, 0) is 27.8 Å². The van der Waals surface area contributed by atoms with Crippen LogP contribution in [-0.2, 0) is 21.3 Å². The van der Waals surface area contributed by atoms with Crippen LogP contribution >= 0.6 is 0 Å². The van der Waals surface area contributed by atoms with Crippen LogP contribution in [0.4, 0.5) is 0 Å². The van der Waals surface area contributed by atoms with Crippen LogP contribution in [0.1, 0.15) is 26.3 Å². The van der Waals surface area contributed by atoms with Crippen LogP contribution in [-0.4, -0.2) is 25.2 Å². The maximum atomic E-state index is 11.3. The first-order valence-electron chi connectivity index (χ1n) is 4.70. The van der Waals surface area contributed by atoms with Gasteiger partial charge in [-0.3, -0.25) is 4.68 Å². The molecule has 0 atom stereocenters. The van der Waals surface area contributed by atoms with Gasteiger partial charge in [0.25, 0.3) is 0 Å². The monoisotopic (exact) mass is 231 g/mol. The van der Waals surface area contributed by atoms with Gasteiger partial charge in [0.2, 0.25) is 10.0 Å². The van der Waals surface area contributed by atoms with Gasteiger partial charge >= 0.3 is 0 Å². The predicted molar refractivity (Wildman–Crippen MR) is 58.9 cm³/mol. The van der Waals surface area contributed by atoms with E-state index in [2.05, 4.69) is 9.82 Å². The number of nitrogens with zero attached hydrogens (tertiary/aromatic N) is 2. The third kappa shape index (κ3) is 3.32. The molecule has 0 aliphatic carbocycles. The summed E-state index contributed by atoms with van der Waals surface area (Å²) < 4.78 is 26.6. The first-order valence-corrected chi connectivity index (χ1v) is 6.35. The van der Waals surface area contributed by atoms with Crippen molar-refractivity contribution >= 4 is 10.0 Å². The van der Waals surface area contributed by atoms with Gasteiger partial charge in [-0.2, -0.15) is 5.10 Å². The fourth-order valence-electron chi connectivity index (χ4n) is 1.09. The van der Waals surface area contributed by atoms with Gasteiger partial charge in [-0.15, -0.1) is 0 Å². The number of aromatic nitrogens is 2. The topological polar surface area (TPSA) is 64.0 Å². The van der Waals surface area contributed by atoms with E-state index >= 15 is 0 Å². The lowest BCUT2D eigenvalue weighted by Crippen LogP contribution is -2.22. The molecular formula is C9H17N3O2S. The molecule has 1 rings (SSSR count).